The van der Waals surface area contributed by atoms with Gasteiger partial charge in [-0.15, -0.1) is 0 Å². The molecule has 0 fully saturated rings. The summed E-state index contributed by atoms with van der Waals surface area (Å²) in [7, 11) is 0. The van der Waals surface area contributed by atoms with Gasteiger partial charge in [-0.25, -0.2) is 0 Å². The van der Waals surface area contributed by atoms with Crippen LogP contribution in [0.1, 0.15) is 37.2 Å². The maximum atomic E-state index is 6.17. The van der Waals surface area contributed by atoms with Crippen LogP contribution in [0.4, 0.5) is 5.69 Å². The van der Waals surface area contributed by atoms with Gasteiger partial charge in [0.15, 0.2) is 0 Å². The van der Waals surface area contributed by atoms with Gasteiger partial charge in [0.2, 0.25) is 0 Å². The third kappa shape index (κ3) is 5.52. The fourth-order valence-corrected chi connectivity index (χ4v) is 8.44. The van der Waals surface area contributed by atoms with Crippen molar-refractivity contribution in [3.63, 3.8) is 0 Å². The molecule has 3 aliphatic rings. The van der Waals surface area contributed by atoms with E-state index in [1.54, 1.807) is 0 Å². The van der Waals surface area contributed by atoms with Gasteiger partial charge in [-0.2, -0.15) is 0 Å². The quantitative estimate of drug-likeness (QED) is 0.175. The number of hydrogen-bond acceptors (Lipinski definition) is 2. The number of para-hydroxylation sites is 1. The molecule has 2 heteroatoms. The van der Waals surface area contributed by atoms with Crippen LogP contribution in [0.3, 0.4) is 0 Å². The molecule has 1 aromatic heterocycles. The van der Waals surface area contributed by atoms with Crippen molar-refractivity contribution in [3.05, 3.63) is 199 Å². The Balaban J connectivity index is 0.987. The molecule has 6 aromatic carbocycles. The number of benzene rings is 6. The molecule has 0 radical (unpaired) electrons. The van der Waals surface area contributed by atoms with E-state index in [9.17, 15) is 0 Å². The lowest BCUT2D eigenvalue weighted by Crippen LogP contribution is -2.24. The lowest BCUT2D eigenvalue weighted by atomic mass is 9.87. The van der Waals surface area contributed by atoms with Crippen molar-refractivity contribution >= 4 is 49.2 Å². The number of allylic oxidation sites excluding steroid dienone is 11. The predicted molar refractivity (Wildman–Crippen MR) is 219 cm³/mol. The van der Waals surface area contributed by atoms with E-state index in [-0.39, 0.29) is 0 Å². The standard InChI is InChI=1S/C50H39NO/c1-2-9-34(10-3-1)36-19-25-43(26-20-36)51(45-14-8-13-39(33-45)41-18-17-35-11-4-5-12-38(35)31-41)44-27-21-37(22-28-44)40-23-29-46-42(32-40)24-30-49-50(46)47-15-6-7-16-48(47)52-49/h2,4-19,21-32,36,39H,1,3,20,33H2. The van der Waals surface area contributed by atoms with E-state index in [4.69, 9.17) is 4.42 Å². The van der Waals surface area contributed by atoms with E-state index in [0.29, 0.717) is 11.8 Å². The second-order valence-electron chi connectivity index (χ2n) is 14.3. The monoisotopic (exact) mass is 669 g/mol. The highest BCUT2D eigenvalue weighted by atomic mass is 16.3. The highest BCUT2D eigenvalue weighted by molar-refractivity contribution is 6.19. The Bertz CT molecular complexity index is 2690. The first-order chi connectivity index (χ1) is 25.7. The zero-order chi connectivity index (χ0) is 34.4. The minimum Gasteiger partial charge on any atom is -0.456 e. The Hall–Kier alpha value is -6.12. The number of fused-ring (bicyclic) bond motifs is 6. The van der Waals surface area contributed by atoms with Gasteiger partial charge in [-0.1, -0.05) is 134 Å². The van der Waals surface area contributed by atoms with Crippen LogP contribution in [0.2, 0.25) is 0 Å². The summed E-state index contributed by atoms with van der Waals surface area (Å²) in [5.41, 5.74) is 10.8. The van der Waals surface area contributed by atoms with Crippen LogP contribution in [0.5, 0.6) is 0 Å². The third-order valence-corrected chi connectivity index (χ3v) is 11.2. The smallest absolute Gasteiger partial charge is 0.136 e. The fraction of sp³-hybridized carbons (Fsp3) is 0.120. The van der Waals surface area contributed by atoms with Crippen molar-refractivity contribution in [3.8, 4) is 11.1 Å². The molecular weight excluding hydrogens is 631 g/mol. The van der Waals surface area contributed by atoms with Crippen LogP contribution in [0, 0.1) is 5.92 Å². The first kappa shape index (κ1) is 30.7. The molecule has 2 atom stereocenters. The molecule has 0 saturated carbocycles. The van der Waals surface area contributed by atoms with Gasteiger partial charge >= 0.3 is 0 Å². The van der Waals surface area contributed by atoms with Gasteiger partial charge in [0.1, 0.15) is 11.2 Å². The number of furan rings is 1. The van der Waals surface area contributed by atoms with Crippen molar-refractivity contribution in [2.45, 2.75) is 31.6 Å². The zero-order valence-electron chi connectivity index (χ0n) is 29.1. The van der Waals surface area contributed by atoms with Crippen LogP contribution in [-0.2, 0) is 0 Å². The Morgan fingerprint density at radius 3 is 2.31 bits per heavy atom. The van der Waals surface area contributed by atoms with E-state index < -0.39 is 0 Å². The maximum absolute atomic E-state index is 6.17. The molecule has 0 saturated heterocycles. The first-order valence-electron chi connectivity index (χ1n) is 18.6. The normalized spacial score (nSPS) is 18.6. The van der Waals surface area contributed by atoms with Crippen molar-refractivity contribution in [1.82, 2.24) is 0 Å². The third-order valence-electron chi connectivity index (χ3n) is 11.2. The Kier molecular flexibility index (Phi) is 7.61. The summed E-state index contributed by atoms with van der Waals surface area (Å²) >= 11 is 0. The number of rotatable bonds is 6. The van der Waals surface area contributed by atoms with Crippen LogP contribution in [0.15, 0.2) is 197 Å². The summed E-state index contributed by atoms with van der Waals surface area (Å²) in [6, 6.07) is 44.2. The van der Waals surface area contributed by atoms with Gasteiger partial charge < -0.3 is 9.32 Å². The molecule has 3 aliphatic carbocycles. The van der Waals surface area contributed by atoms with E-state index in [1.807, 2.05) is 12.1 Å². The number of nitrogens with zero attached hydrogens (tertiary/aromatic N) is 1. The minimum absolute atomic E-state index is 0.307. The van der Waals surface area contributed by atoms with E-state index in [2.05, 4.69) is 169 Å². The van der Waals surface area contributed by atoms with E-state index in [1.165, 1.54) is 71.7 Å². The highest BCUT2D eigenvalue weighted by Gasteiger charge is 2.24. The second-order valence-corrected chi connectivity index (χ2v) is 14.3. The Labute approximate surface area is 304 Å². The summed E-state index contributed by atoms with van der Waals surface area (Å²) in [6.07, 6.45) is 25.4. The molecule has 52 heavy (non-hydrogen) atoms. The van der Waals surface area contributed by atoms with Crippen molar-refractivity contribution in [2.75, 3.05) is 4.90 Å². The van der Waals surface area contributed by atoms with Gasteiger partial charge in [0, 0.05) is 39.7 Å². The molecule has 1 heterocycles. The molecule has 0 amide bonds. The molecule has 250 valence electrons. The van der Waals surface area contributed by atoms with Gasteiger partial charge in [-0.3, -0.25) is 0 Å². The topological polar surface area (TPSA) is 16.4 Å². The summed E-state index contributed by atoms with van der Waals surface area (Å²) < 4.78 is 6.17. The van der Waals surface area contributed by atoms with Crippen LogP contribution >= 0.6 is 0 Å². The Morgan fingerprint density at radius 2 is 1.44 bits per heavy atom. The number of hydrogen-bond donors (Lipinski definition) is 0. The lowest BCUT2D eigenvalue weighted by molar-refractivity contribution is 0.669. The van der Waals surface area contributed by atoms with Crippen LogP contribution in [-0.4, -0.2) is 0 Å². The summed E-state index contributed by atoms with van der Waals surface area (Å²) in [5, 5.41) is 7.38. The second kappa shape index (κ2) is 12.9. The van der Waals surface area contributed by atoms with Crippen molar-refractivity contribution in [2.24, 2.45) is 5.92 Å². The van der Waals surface area contributed by atoms with Crippen LogP contribution < -0.4 is 4.90 Å². The molecule has 0 spiro atoms. The summed E-state index contributed by atoms with van der Waals surface area (Å²) in [6.45, 7) is 0. The van der Waals surface area contributed by atoms with Crippen molar-refractivity contribution < 1.29 is 4.42 Å². The molecular formula is C50H39NO. The van der Waals surface area contributed by atoms with Crippen molar-refractivity contribution in [1.29, 1.82) is 0 Å². The SMILES string of the molecule is C1=CC(c2ccc3ccccc3c2)CC(N(C2=CCC(C3=CCCC=C3)C=C2)c2ccc(-c3ccc4c(ccc5oc6ccccc6c54)c3)cc2)=C1. The largest absolute Gasteiger partial charge is 0.456 e. The average molecular weight is 670 g/mol. The summed E-state index contributed by atoms with van der Waals surface area (Å²) in [4.78, 5) is 2.49. The van der Waals surface area contributed by atoms with E-state index >= 15 is 0 Å². The zero-order valence-corrected chi connectivity index (χ0v) is 29.1. The Morgan fingerprint density at radius 1 is 0.596 bits per heavy atom. The van der Waals surface area contributed by atoms with E-state index in [0.717, 1.165) is 36.8 Å². The molecule has 10 rings (SSSR count). The molecule has 0 bridgehead atoms. The van der Waals surface area contributed by atoms with Gasteiger partial charge in [-0.05, 0) is 112 Å². The lowest BCUT2D eigenvalue weighted by Gasteiger charge is -2.34. The molecule has 0 N–H and O–H groups in total. The van der Waals surface area contributed by atoms with Gasteiger partial charge in [0.25, 0.3) is 0 Å². The predicted octanol–water partition coefficient (Wildman–Crippen LogP) is 13.7. The summed E-state index contributed by atoms with van der Waals surface area (Å²) in [5.74, 6) is 0.741. The number of anilines is 1. The average Bonchev–Trinajstić information content (AvgIpc) is 3.61. The molecule has 2 unspecified atom stereocenters. The molecule has 7 aromatic rings. The molecule has 0 aliphatic heterocycles. The fourth-order valence-electron chi connectivity index (χ4n) is 8.44. The maximum Gasteiger partial charge on any atom is 0.136 e. The highest BCUT2D eigenvalue weighted by Crippen LogP contribution is 2.40. The van der Waals surface area contributed by atoms with Crippen LogP contribution in [0.25, 0.3) is 54.6 Å². The van der Waals surface area contributed by atoms with Gasteiger partial charge in [0.05, 0.1) is 0 Å². The minimum atomic E-state index is 0.307. The molecule has 2 nitrogen and oxygen atoms in total. The first-order valence-corrected chi connectivity index (χ1v) is 18.6.